The summed E-state index contributed by atoms with van der Waals surface area (Å²) in [5.41, 5.74) is 1.95. The van der Waals surface area contributed by atoms with Crippen molar-refractivity contribution in [2.75, 3.05) is 12.4 Å². The van der Waals surface area contributed by atoms with Gasteiger partial charge in [0.05, 0.1) is 24.4 Å². The molecule has 0 bridgehead atoms. The number of aryl methyl sites for hydroxylation is 2. The fourth-order valence-electron chi connectivity index (χ4n) is 2.94. The van der Waals surface area contributed by atoms with Crippen LogP contribution in [-0.4, -0.2) is 18.2 Å². The fourth-order valence-corrected chi connectivity index (χ4v) is 3.11. The van der Waals surface area contributed by atoms with Crippen LogP contribution in [-0.2, 0) is 4.79 Å². The summed E-state index contributed by atoms with van der Waals surface area (Å²) in [6, 6.07) is 12.2. The Labute approximate surface area is 168 Å². The Morgan fingerprint density at radius 3 is 2.43 bits per heavy atom. The first-order valence-electron chi connectivity index (χ1n) is 8.74. The maximum Gasteiger partial charge on any atom is 0.231 e. The molecule has 0 saturated heterocycles. The van der Waals surface area contributed by atoms with Gasteiger partial charge in [0.15, 0.2) is 5.75 Å². The smallest absolute Gasteiger partial charge is 0.231 e. The third-order valence-corrected chi connectivity index (χ3v) is 4.64. The Morgan fingerprint density at radius 1 is 1.14 bits per heavy atom. The first kappa shape index (κ1) is 19.8. The van der Waals surface area contributed by atoms with Crippen LogP contribution in [0.15, 0.2) is 47.0 Å². The van der Waals surface area contributed by atoms with Crippen molar-refractivity contribution in [3.8, 4) is 17.2 Å². The molecule has 0 fully saturated rings. The molecule has 1 aromatic heterocycles. The predicted molar refractivity (Wildman–Crippen MR) is 108 cm³/mol. The normalized spacial score (nSPS) is 11.8. The Bertz CT molecular complexity index is 963. The molecule has 0 aliphatic heterocycles. The molecule has 0 saturated carbocycles. The van der Waals surface area contributed by atoms with Crippen LogP contribution >= 0.6 is 11.6 Å². The van der Waals surface area contributed by atoms with Gasteiger partial charge in [0.25, 0.3) is 0 Å². The van der Waals surface area contributed by atoms with Crippen molar-refractivity contribution in [1.29, 1.82) is 0 Å². The number of carbonyl (C=O) groups excluding carboxylic acids is 1. The largest absolute Gasteiger partial charge is 0.497 e. The lowest BCUT2D eigenvalue weighted by molar-refractivity contribution is -0.117. The number of amides is 1. The number of anilines is 1. The van der Waals surface area contributed by atoms with Crippen LogP contribution in [0.4, 0.5) is 5.69 Å². The molecule has 0 radical (unpaired) electrons. The highest BCUT2D eigenvalue weighted by Crippen LogP contribution is 2.34. The third-order valence-electron chi connectivity index (χ3n) is 4.40. The average Bonchev–Trinajstić information content (AvgIpc) is 3.02. The van der Waals surface area contributed by atoms with Crippen LogP contribution in [0.1, 0.15) is 29.9 Å². The SMILES string of the molecule is COc1ccc(Oc2ccc(Cl)cc2NC(=O)C(C)c2c(C)noc2C)cc1. The highest BCUT2D eigenvalue weighted by Gasteiger charge is 2.24. The number of halogens is 1. The van der Waals surface area contributed by atoms with Crippen molar-refractivity contribution in [3.63, 3.8) is 0 Å². The summed E-state index contributed by atoms with van der Waals surface area (Å²) in [7, 11) is 1.60. The number of carbonyl (C=O) groups is 1. The van der Waals surface area contributed by atoms with Crippen LogP contribution in [0.5, 0.6) is 17.2 Å². The monoisotopic (exact) mass is 400 g/mol. The maximum absolute atomic E-state index is 12.8. The number of hydrogen-bond acceptors (Lipinski definition) is 5. The van der Waals surface area contributed by atoms with E-state index >= 15 is 0 Å². The van der Waals surface area contributed by atoms with E-state index in [1.54, 1.807) is 63.4 Å². The molecule has 0 aliphatic rings. The molecule has 2 aromatic carbocycles. The van der Waals surface area contributed by atoms with E-state index in [1.807, 2.05) is 6.92 Å². The lowest BCUT2D eigenvalue weighted by atomic mass is 9.98. The molecule has 1 unspecified atom stereocenters. The van der Waals surface area contributed by atoms with Gasteiger partial charge in [0.2, 0.25) is 5.91 Å². The van der Waals surface area contributed by atoms with E-state index in [0.29, 0.717) is 33.7 Å². The van der Waals surface area contributed by atoms with Crippen molar-refractivity contribution < 1.29 is 18.8 Å². The average molecular weight is 401 g/mol. The van der Waals surface area contributed by atoms with Crippen LogP contribution in [0.3, 0.4) is 0 Å². The maximum atomic E-state index is 12.8. The molecule has 1 amide bonds. The lowest BCUT2D eigenvalue weighted by Crippen LogP contribution is -2.20. The Kier molecular flexibility index (Phi) is 5.90. The van der Waals surface area contributed by atoms with E-state index in [4.69, 9.17) is 25.6 Å². The number of benzene rings is 2. The topological polar surface area (TPSA) is 73.6 Å². The summed E-state index contributed by atoms with van der Waals surface area (Å²) in [4.78, 5) is 12.8. The fraction of sp³-hybridized carbons (Fsp3) is 0.238. The van der Waals surface area contributed by atoms with E-state index in [1.165, 1.54) is 0 Å². The number of hydrogen-bond donors (Lipinski definition) is 1. The first-order valence-corrected chi connectivity index (χ1v) is 9.12. The number of rotatable bonds is 6. The van der Waals surface area contributed by atoms with Crippen LogP contribution < -0.4 is 14.8 Å². The van der Waals surface area contributed by atoms with Crippen molar-refractivity contribution in [2.45, 2.75) is 26.7 Å². The molecular weight excluding hydrogens is 380 g/mol. The molecule has 7 heteroatoms. The van der Waals surface area contributed by atoms with E-state index in [2.05, 4.69) is 10.5 Å². The van der Waals surface area contributed by atoms with Gasteiger partial charge in [-0.1, -0.05) is 16.8 Å². The van der Waals surface area contributed by atoms with Gasteiger partial charge in [0, 0.05) is 10.6 Å². The van der Waals surface area contributed by atoms with Gasteiger partial charge >= 0.3 is 0 Å². The zero-order chi connectivity index (χ0) is 20.3. The molecule has 146 valence electrons. The minimum atomic E-state index is -0.445. The van der Waals surface area contributed by atoms with E-state index in [9.17, 15) is 4.79 Å². The number of ether oxygens (including phenoxy) is 2. The van der Waals surface area contributed by atoms with Gasteiger partial charge in [0.1, 0.15) is 17.3 Å². The molecule has 1 heterocycles. The van der Waals surface area contributed by atoms with Crippen molar-refractivity contribution in [1.82, 2.24) is 5.16 Å². The van der Waals surface area contributed by atoms with Gasteiger partial charge in [-0.05, 0) is 63.2 Å². The summed E-state index contributed by atoms with van der Waals surface area (Å²) < 4.78 is 16.2. The van der Waals surface area contributed by atoms with Gasteiger partial charge in [-0.25, -0.2) is 0 Å². The number of nitrogens with zero attached hydrogens (tertiary/aromatic N) is 1. The second-order valence-electron chi connectivity index (χ2n) is 6.37. The zero-order valence-corrected chi connectivity index (χ0v) is 16.8. The summed E-state index contributed by atoms with van der Waals surface area (Å²) in [6.45, 7) is 5.40. The predicted octanol–water partition coefficient (Wildman–Crippen LogP) is 5.49. The first-order chi connectivity index (χ1) is 13.4. The van der Waals surface area contributed by atoms with Crippen LogP contribution in [0.2, 0.25) is 5.02 Å². The highest BCUT2D eigenvalue weighted by molar-refractivity contribution is 6.31. The summed E-state index contributed by atoms with van der Waals surface area (Å²) >= 11 is 6.12. The molecule has 1 atom stereocenters. The van der Waals surface area contributed by atoms with Crippen molar-refractivity contribution in [3.05, 3.63) is 64.5 Å². The Hall–Kier alpha value is -2.99. The lowest BCUT2D eigenvalue weighted by Gasteiger charge is -2.16. The van der Waals surface area contributed by atoms with Gasteiger partial charge in [-0.3, -0.25) is 4.79 Å². The minimum absolute atomic E-state index is 0.212. The molecule has 1 N–H and O–H groups in total. The number of nitrogens with one attached hydrogen (secondary N) is 1. The third kappa shape index (κ3) is 4.28. The molecule has 3 aromatic rings. The molecule has 28 heavy (non-hydrogen) atoms. The van der Waals surface area contributed by atoms with Crippen LogP contribution in [0.25, 0.3) is 0 Å². The molecule has 3 rings (SSSR count). The molecule has 6 nitrogen and oxygen atoms in total. The Balaban J connectivity index is 1.83. The highest BCUT2D eigenvalue weighted by atomic mass is 35.5. The number of methoxy groups -OCH3 is 1. The van der Waals surface area contributed by atoms with Crippen LogP contribution in [0, 0.1) is 13.8 Å². The summed E-state index contributed by atoms with van der Waals surface area (Å²) in [5.74, 6) is 1.79. The second-order valence-corrected chi connectivity index (χ2v) is 6.80. The van der Waals surface area contributed by atoms with Crippen molar-refractivity contribution >= 4 is 23.2 Å². The summed E-state index contributed by atoms with van der Waals surface area (Å²) in [6.07, 6.45) is 0. The van der Waals surface area contributed by atoms with Gasteiger partial charge in [-0.15, -0.1) is 0 Å². The standard InChI is InChI=1S/C21H21ClN2O4/c1-12(20-13(2)24-28-14(20)3)21(25)23-18-11-15(22)5-10-19(18)27-17-8-6-16(26-4)7-9-17/h5-12H,1-4H3,(H,23,25). The molecule has 0 spiro atoms. The second kappa shape index (κ2) is 8.35. The van der Waals surface area contributed by atoms with E-state index < -0.39 is 5.92 Å². The van der Waals surface area contributed by atoms with E-state index in [0.717, 1.165) is 11.3 Å². The zero-order valence-electron chi connectivity index (χ0n) is 16.1. The molecule has 0 aliphatic carbocycles. The number of aromatic nitrogens is 1. The quantitative estimate of drug-likeness (QED) is 0.592. The summed E-state index contributed by atoms with van der Waals surface area (Å²) in [5, 5.41) is 7.30. The minimum Gasteiger partial charge on any atom is -0.497 e. The van der Waals surface area contributed by atoms with Gasteiger partial charge in [-0.2, -0.15) is 0 Å². The van der Waals surface area contributed by atoms with Gasteiger partial charge < -0.3 is 19.3 Å². The van der Waals surface area contributed by atoms with E-state index in [-0.39, 0.29) is 5.91 Å². The van der Waals surface area contributed by atoms with Crippen molar-refractivity contribution in [2.24, 2.45) is 0 Å². The molecular formula is C21H21ClN2O4. The Morgan fingerprint density at radius 2 is 1.82 bits per heavy atom.